The number of imidazole rings is 1. The maximum absolute atomic E-state index is 14.1. The molecule has 2 N–H and O–H groups in total. The summed E-state index contributed by atoms with van der Waals surface area (Å²) in [4.78, 5) is 30.8. The Morgan fingerprint density at radius 3 is 2.37 bits per heavy atom. The molecule has 3 atom stereocenters. The molecule has 3 aromatic rings. The second-order valence-electron chi connectivity index (χ2n) is 12.7. The topological polar surface area (TPSA) is 106 Å². The fraction of sp³-hybridized carbons (Fsp3) is 0.633. The summed E-state index contributed by atoms with van der Waals surface area (Å²) in [6.45, 7) is 3.83. The molecule has 43 heavy (non-hydrogen) atoms. The van der Waals surface area contributed by atoms with Gasteiger partial charge in [-0.05, 0) is 75.5 Å². The molecule has 0 bridgehead atoms. The predicted molar refractivity (Wildman–Crippen MR) is 149 cm³/mol. The van der Waals surface area contributed by atoms with Gasteiger partial charge in [0.15, 0.2) is 5.65 Å². The van der Waals surface area contributed by atoms with E-state index in [1.54, 1.807) is 33.9 Å². The minimum atomic E-state index is -2.72. The van der Waals surface area contributed by atoms with Gasteiger partial charge in [0.2, 0.25) is 11.8 Å². The van der Waals surface area contributed by atoms with Crippen molar-refractivity contribution in [3.63, 3.8) is 0 Å². The third kappa shape index (κ3) is 6.54. The van der Waals surface area contributed by atoms with Gasteiger partial charge in [-0.2, -0.15) is 10.2 Å². The number of hydrogen-bond donors (Lipinski definition) is 2. The van der Waals surface area contributed by atoms with E-state index in [2.05, 4.69) is 20.8 Å². The molecular weight excluding hydrogens is 566 g/mol. The maximum atomic E-state index is 14.1. The number of rotatable bonds is 11. The fourth-order valence-corrected chi connectivity index (χ4v) is 6.22. The standard InChI is InChI=1S/C30H37F4N7O2/c1-17(2)41-23(9-12-35-41)28(43)39-27(19-7-10-29(31,32)11-8-19)22-16-40-24(37-22)13-20(15-36-40)26(18-3-4-18)38-25(42)6-5-21-14-30(21,33)34/h9,12-13,15-19,21,26-27H,3-8,10-11,14H2,1-2H3,(H,38,42)(H,39,43)/t21-,26-,27+/m1/s1. The number of nitrogens with one attached hydrogen (secondary N) is 2. The SMILES string of the molecule is CC(C)n1nccc1C(=O)N[C@H](c1cn2ncc([C@H](NC(=O)CC[C@@H]3CC3(F)F)C3CC3)cc2n1)C1CCC(F)(F)CC1. The van der Waals surface area contributed by atoms with Crippen LogP contribution in [-0.2, 0) is 4.79 Å². The summed E-state index contributed by atoms with van der Waals surface area (Å²) < 4.78 is 57.8. The minimum absolute atomic E-state index is 0.0458. The highest BCUT2D eigenvalue weighted by Gasteiger charge is 2.56. The molecule has 2 amide bonds. The lowest BCUT2D eigenvalue weighted by molar-refractivity contribution is -0.122. The van der Waals surface area contributed by atoms with Crippen LogP contribution in [0.25, 0.3) is 5.65 Å². The third-order valence-corrected chi connectivity index (χ3v) is 9.03. The molecule has 0 unspecified atom stereocenters. The number of hydrogen-bond acceptors (Lipinski definition) is 5. The smallest absolute Gasteiger partial charge is 0.270 e. The molecule has 3 heterocycles. The van der Waals surface area contributed by atoms with Crippen LogP contribution in [0.3, 0.4) is 0 Å². The normalized spacial score (nSPS) is 22.8. The first kappa shape index (κ1) is 29.6. The number of alkyl halides is 4. The van der Waals surface area contributed by atoms with Crippen LogP contribution in [0.4, 0.5) is 17.6 Å². The number of aromatic nitrogens is 5. The first-order valence-electron chi connectivity index (χ1n) is 15.1. The van der Waals surface area contributed by atoms with Gasteiger partial charge in [-0.1, -0.05) is 0 Å². The van der Waals surface area contributed by atoms with Gasteiger partial charge in [0.25, 0.3) is 11.8 Å². The largest absolute Gasteiger partial charge is 0.349 e. The molecular formula is C30H37F4N7O2. The summed E-state index contributed by atoms with van der Waals surface area (Å²) in [6, 6.07) is 2.48. The summed E-state index contributed by atoms with van der Waals surface area (Å²) in [5, 5.41) is 14.8. The molecule has 3 aliphatic rings. The van der Waals surface area contributed by atoms with Crippen LogP contribution in [0.2, 0.25) is 0 Å². The van der Waals surface area contributed by atoms with Gasteiger partial charge in [0, 0.05) is 43.8 Å². The molecule has 3 saturated carbocycles. The van der Waals surface area contributed by atoms with Gasteiger partial charge in [0.1, 0.15) is 5.69 Å². The van der Waals surface area contributed by atoms with Crippen molar-refractivity contribution < 1.29 is 27.2 Å². The number of fused-ring (bicyclic) bond motifs is 1. The van der Waals surface area contributed by atoms with E-state index in [1.807, 2.05) is 19.9 Å². The highest BCUT2D eigenvalue weighted by Crippen LogP contribution is 2.51. The molecule has 0 aromatic carbocycles. The van der Waals surface area contributed by atoms with Crippen molar-refractivity contribution in [3.8, 4) is 0 Å². The number of carbonyl (C=O) groups excluding carboxylic acids is 2. The Balaban J connectivity index is 1.23. The van der Waals surface area contributed by atoms with Gasteiger partial charge in [0.05, 0.1) is 30.2 Å². The maximum Gasteiger partial charge on any atom is 0.270 e. The van der Waals surface area contributed by atoms with Crippen molar-refractivity contribution in [3.05, 3.63) is 47.7 Å². The van der Waals surface area contributed by atoms with Crippen LogP contribution in [-0.4, -0.2) is 48.0 Å². The van der Waals surface area contributed by atoms with Crippen molar-refractivity contribution in [1.29, 1.82) is 0 Å². The molecule has 3 fully saturated rings. The molecule has 0 aliphatic heterocycles. The zero-order valence-electron chi connectivity index (χ0n) is 24.3. The molecule has 3 aromatic heterocycles. The monoisotopic (exact) mass is 603 g/mol. The lowest BCUT2D eigenvalue weighted by Crippen LogP contribution is -2.38. The zero-order valence-corrected chi connectivity index (χ0v) is 24.3. The van der Waals surface area contributed by atoms with Gasteiger partial charge in [-0.3, -0.25) is 14.3 Å². The number of halogens is 4. The van der Waals surface area contributed by atoms with Crippen molar-refractivity contribution in [1.82, 2.24) is 35.0 Å². The quantitative estimate of drug-likeness (QED) is 0.269. The average molecular weight is 604 g/mol. The van der Waals surface area contributed by atoms with Crippen LogP contribution >= 0.6 is 0 Å². The summed E-state index contributed by atoms with van der Waals surface area (Å²) in [5.74, 6) is -6.73. The Labute approximate surface area is 246 Å². The van der Waals surface area contributed by atoms with Gasteiger partial charge in [-0.15, -0.1) is 0 Å². The summed E-state index contributed by atoms with van der Waals surface area (Å²) in [7, 11) is 0. The Bertz CT molecular complexity index is 1490. The molecule has 0 spiro atoms. The van der Waals surface area contributed by atoms with Crippen LogP contribution in [0.5, 0.6) is 0 Å². The molecule has 3 aliphatic carbocycles. The second kappa shape index (κ2) is 11.2. The molecule has 0 saturated heterocycles. The van der Waals surface area contributed by atoms with E-state index in [9.17, 15) is 27.2 Å². The average Bonchev–Trinajstić information content (AvgIpc) is 3.76. The number of carbonyl (C=O) groups is 2. The van der Waals surface area contributed by atoms with Crippen LogP contribution in [0.1, 0.15) is 112 Å². The zero-order chi connectivity index (χ0) is 30.5. The third-order valence-electron chi connectivity index (χ3n) is 9.03. The van der Waals surface area contributed by atoms with Gasteiger partial charge in [-0.25, -0.2) is 27.1 Å². The first-order valence-corrected chi connectivity index (χ1v) is 15.1. The van der Waals surface area contributed by atoms with Crippen molar-refractivity contribution in [2.45, 2.75) is 102 Å². The van der Waals surface area contributed by atoms with Crippen LogP contribution in [0, 0.1) is 17.8 Å². The van der Waals surface area contributed by atoms with Crippen molar-refractivity contribution in [2.24, 2.45) is 17.8 Å². The van der Waals surface area contributed by atoms with E-state index in [4.69, 9.17) is 4.98 Å². The van der Waals surface area contributed by atoms with Crippen LogP contribution in [0.15, 0.2) is 30.7 Å². The van der Waals surface area contributed by atoms with Crippen LogP contribution < -0.4 is 10.6 Å². The molecule has 232 valence electrons. The number of amides is 2. The summed E-state index contributed by atoms with van der Waals surface area (Å²) >= 11 is 0. The minimum Gasteiger partial charge on any atom is -0.349 e. The Kier molecular flexibility index (Phi) is 7.70. The highest BCUT2D eigenvalue weighted by molar-refractivity contribution is 5.92. The lowest BCUT2D eigenvalue weighted by atomic mass is 9.81. The first-order chi connectivity index (χ1) is 20.4. The predicted octanol–water partition coefficient (Wildman–Crippen LogP) is 5.81. The molecule has 9 nitrogen and oxygen atoms in total. The van der Waals surface area contributed by atoms with E-state index in [0.717, 1.165) is 18.4 Å². The van der Waals surface area contributed by atoms with Gasteiger partial charge >= 0.3 is 0 Å². The molecule has 6 rings (SSSR count). The van der Waals surface area contributed by atoms with Gasteiger partial charge < -0.3 is 10.6 Å². The summed E-state index contributed by atoms with van der Waals surface area (Å²) in [6.07, 6.45) is 6.79. The van der Waals surface area contributed by atoms with E-state index >= 15 is 0 Å². The summed E-state index contributed by atoms with van der Waals surface area (Å²) in [5.41, 5.74) is 2.15. The van der Waals surface area contributed by atoms with Crippen molar-refractivity contribution in [2.75, 3.05) is 0 Å². The van der Waals surface area contributed by atoms with E-state index < -0.39 is 23.8 Å². The highest BCUT2D eigenvalue weighted by atomic mass is 19.3. The van der Waals surface area contributed by atoms with E-state index in [1.165, 1.54) is 0 Å². The number of nitrogens with zero attached hydrogens (tertiary/aromatic N) is 5. The Morgan fingerprint density at radius 2 is 1.72 bits per heavy atom. The molecule has 0 radical (unpaired) electrons. The fourth-order valence-electron chi connectivity index (χ4n) is 6.22. The molecule has 13 heteroatoms. The van der Waals surface area contributed by atoms with Crippen molar-refractivity contribution >= 4 is 17.5 Å². The van der Waals surface area contributed by atoms with E-state index in [-0.39, 0.29) is 80.7 Å². The Hall–Kier alpha value is -3.51. The second-order valence-corrected chi connectivity index (χ2v) is 12.7. The van der Waals surface area contributed by atoms with E-state index in [0.29, 0.717) is 17.0 Å². The lowest BCUT2D eigenvalue weighted by Gasteiger charge is -2.33. The Morgan fingerprint density at radius 1 is 1.02 bits per heavy atom.